The van der Waals surface area contributed by atoms with Gasteiger partial charge in [-0.05, 0) is 93.8 Å². The first kappa shape index (κ1) is 47.0. The van der Waals surface area contributed by atoms with E-state index in [-0.39, 0.29) is 96.3 Å². The van der Waals surface area contributed by atoms with Crippen molar-refractivity contribution in [2.45, 2.75) is 123 Å². The lowest BCUT2D eigenvalue weighted by molar-refractivity contribution is -0.212. The van der Waals surface area contributed by atoms with Crippen molar-refractivity contribution in [3.8, 4) is 0 Å². The van der Waals surface area contributed by atoms with E-state index < -0.39 is 40.6 Å². The molecule has 0 amide bonds. The Morgan fingerprint density at radius 3 is 1.52 bits per heavy atom. The molecule has 0 aromatic heterocycles. The number of hydrogen-bond acceptors (Lipinski definition) is 16. The second-order valence-corrected chi connectivity index (χ2v) is 16.5. The maximum atomic E-state index is 12.9. The third-order valence-electron chi connectivity index (χ3n) is 12.1. The molecule has 8 bridgehead atoms. The van der Waals surface area contributed by atoms with E-state index in [1.807, 2.05) is 0 Å². The highest BCUT2D eigenvalue weighted by Crippen LogP contribution is 2.63. The van der Waals surface area contributed by atoms with Crippen LogP contribution in [0.5, 0.6) is 0 Å². The Morgan fingerprint density at radius 2 is 1.07 bits per heavy atom. The van der Waals surface area contributed by atoms with Crippen LogP contribution in [-0.2, 0) is 66.7 Å². The molecule has 8 aliphatic rings. The highest BCUT2D eigenvalue weighted by molar-refractivity contribution is 5.78. The molecule has 0 spiro atoms. The van der Waals surface area contributed by atoms with Gasteiger partial charge < -0.3 is 48.1 Å². The summed E-state index contributed by atoms with van der Waals surface area (Å²) in [5.41, 5.74) is -1.71. The molecule has 16 heteroatoms. The summed E-state index contributed by atoms with van der Waals surface area (Å²) in [6, 6.07) is 0. The fraction of sp³-hybridized carbons (Fsp3) is 0.850. The number of ether oxygens (including phenoxy) is 8. The summed E-state index contributed by atoms with van der Waals surface area (Å²) < 4.78 is 40.9. The fourth-order valence-electron chi connectivity index (χ4n) is 10.9. The van der Waals surface area contributed by atoms with Gasteiger partial charge in [0.05, 0.1) is 38.3 Å². The Bertz CT molecular complexity index is 1370. The summed E-state index contributed by atoms with van der Waals surface area (Å²) in [4.78, 5) is 70.6. The van der Waals surface area contributed by atoms with Gasteiger partial charge in [0.25, 0.3) is 0 Å². The molecule has 8 fully saturated rings. The third-order valence-corrected chi connectivity index (χ3v) is 12.1. The molecule has 56 heavy (non-hydrogen) atoms. The summed E-state index contributed by atoms with van der Waals surface area (Å²) in [6.07, 6.45) is 6.75. The van der Waals surface area contributed by atoms with Crippen LogP contribution in [0.3, 0.4) is 0 Å². The average Bonchev–Trinajstić information content (AvgIpc) is 3.09. The van der Waals surface area contributed by atoms with E-state index >= 15 is 0 Å². The third kappa shape index (κ3) is 11.4. The number of carbonyl (C=O) groups excluding carboxylic acids is 6. The molecule has 8 saturated carbocycles. The summed E-state index contributed by atoms with van der Waals surface area (Å²) in [5, 5.41) is 19.8. The Hall–Kier alpha value is -3.34. The Labute approximate surface area is 329 Å². The van der Waals surface area contributed by atoms with E-state index in [1.165, 1.54) is 28.1 Å². The van der Waals surface area contributed by atoms with Gasteiger partial charge in [-0.1, -0.05) is 14.9 Å². The normalized spacial score (nSPS) is 33.5. The van der Waals surface area contributed by atoms with Gasteiger partial charge in [0.2, 0.25) is 0 Å². The fourth-order valence-corrected chi connectivity index (χ4v) is 10.9. The van der Waals surface area contributed by atoms with Crippen LogP contribution >= 0.6 is 0 Å². The smallest absolute Gasteiger partial charge is 0.331 e. The quantitative estimate of drug-likeness (QED) is 0.169. The minimum absolute atomic E-state index is 0. The summed E-state index contributed by atoms with van der Waals surface area (Å²) in [5.74, 6) is -0.637. The first-order valence-electron chi connectivity index (χ1n) is 19.0. The molecule has 16 nitrogen and oxygen atoms in total. The van der Waals surface area contributed by atoms with Crippen LogP contribution < -0.4 is 0 Å². The lowest BCUT2D eigenvalue weighted by Gasteiger charge is -2.59. The van der Waals surface area contributed by atoms with E-state index in [0.717, 1.165) is 51.4 Å². The molecule has 0 aromatic carbocycles. The lowest BCUT2D eigenvalue weighted by atomic mass is 9.48. The van der Waals surface area contributed by atoms with E-state index in [2.05, 4.69) is 9.47 Å². The number of aliphatic hydroxyl groups is 2. The largest absolute Gasteiger partial charge is 0.467 e. The van der Waals surface area contributed by atoms with Crippen LogP contribution in [-0.4, -0.2) is 124 Å². The number of carbonyl (C=O) groups is 6. The van der Waals surface area contributed by atoms with Crippen molar-refractivity contribution in [3.63, 3.8) is 0 Å². The number of esters is 6. The highest BCUT2D eigenvalue weighted by Gasteiger charge is 2.63. The van der Waals surface area contributed by atoms with Crippen molar-refractivity contribution in [1.29, 1.82) is 0 Å². The van der Waals surface area contributed by atoms with Crippen molar-refractivity contribution >= 4 is 35.8 Å². The zero-order valence-electron chi connectivity index (χ0n) is 31.7. The van der Waals surface area contributed by atoms with Crippen LogP contribution in [0, 0.1) is 40.4 Å². The molecule has 0 saturated heterocycles. The van der Waals surface area contributed by atoms with Crippen molar-refractivity contribution in [2.75, 3.05) is 53.9 Å². The molecule has 6 unspecified atom stereocenters. The molecule has 0 aromatic rings. The van der Waals surface area contributed by atoms with Gasteiger partial charge in [-0.3, -0.25) is 19.2 Å². The van der Waals surface area contributed by atoms with Crippen molar-refractivity contribution < 1.29 is 76.9 Å². The molecule has 8 aliphatic carbocycles. The SMILES string of the molecule is C.C.COC(=O)COCC(O)COC(=O)C12CC3CC(C1)C(OC(C)=O)C(C3)C2.COC(=O)COCC(O)COC(=O)C12CC3CC(CC(OC(C)=O)(C3)C1)C2. The molecule has 0 radical (unpaired) electrons. The van der Waals surface area contributed by atoms with Crippen LogP contribution in [0.15, 0.2) is 0 Å². The maximum absolute atomic E-state index is 12.9. The van der Waals surface area contributed by atoms with Gasteiger partial charge in [0.1, 0.15) is 50.3 Å². The zero-order valence-corrected chi connectivity index (χ0v) is 31.7. The first-order valence-corrected chi connectivity index (χ1v) is 19.0. The van der Waals surface area contributed by atoms with Gasteiger partial charge in [0.15, 0.2) is 0 Å². The minimum atomic E-state index is -1.02. The van der Waals surface area contributed by atoms with Gasteiger partial charge in [-0.15, -0.1) is 0 Å². The number of hydrogen-bond donors (Lipinski definition) is 2. The van der Waals surface area contributed by atoms with Crippen LogP contribution in [0.4, 0.5) is 0 Å². The van der Waals surface area contributed by atoms with Gasteiger partial charge in [0, 0.05) is 20.3 Å². The van der Waals surface area contributed by atoms with E-state index in [1.54, 1.807) is 0 Å². The predicted molar refractivity (Wildman–Crippen MR) is 196 cm³/mol. The molecule has 8 rings (SSSR count). The van der Waals surface area contributed by atoms with Gasteiger partial charge in [-0.25, -0.2) is 9.59 Å². The van der Waals surface area contributed by atoms with Crippen LogP contribution in [0.25, 0.3) is 0 Å². The van der Waals surface area contributed by atoms with E-state index in [0.29, 0.717) is 37.0 Å². The summed E-state index contributed by atoms with van der Waals surface area (Å²) in [6.45, 7) is 1.71. The first-order chi connectivity index (χ1) is 25.6. The van der Waals surface area contributed by atoms with E-state index in [9.17, 15) is 39.0 Å². The maximum Gasteiger partial charge on any atom is 0.331 e. The molecular weight excluding hydrogens is 736 g/mol. The second-order valence-electron chi connectivity index (χ2n) is 16.5. The van der Waals surface area contributed by atoms with E-state index in [4.69, 9.17) is 28.4 Å². The summed E-state index contributed by atoms with van der Waals surface area (Å²) >= 11 is 0. The standard InChI is InChI=1S/2C19H28O8.2CH4/c1-12(20)27-19-6-13-3-14(7-19)5-18(4-13,11-19)17(23)26-9-15(21)8-25-10-16(22)24-2;1-11(20)27-17-13-3-12-4-14(17)7-19(5-12,6-13)18(23)26-9-15(21)8-25-10-16(22)24-2;;/h13-15,21H,3-11H2,1-2H3;12-15,17,21H,3-10H2,1-2H3;2*1H4. The molecular formula is C40H64O16. The van der Waals surface area contributed by atoms with Crippen LogP contribution in [0.1, 0.15) is 99.3 Å². The minimum Gasteiger partial charge on any atom is -0.467 e. The predicted octanol–water partition coefficient (Wildman–Crippen LogP) is 3.09. The van der Waals surface area contributed by atoms with Gasteiger partial charge in [-0.2, -0.15) is 0 Å². The number of rotatable bonds is 16. The summed E-state index contributed by atoms with van der Waals surface area (Å²) in [7, 11) is 2.50. The molecule has 0 heterocycles. The average molecular weight is 801 g/mol. The molecule has 320 valence electrons. The van der Waals surface area contributed by atoms with Crippen LogP contribution in [0.2, 0.25) is 0 Å². The van der Waals surface area contributed by atoms with Crippen molar-refractivity contribution in [3.05, 3.63) is 0 Å². The molecule has 2 N–H and O–H groups in total. The van der Waals surface area contributed by atoms with Crippen molar-refractivity contribution in [2.24, 2.45) is 40.4 Å². The van der Waals surface area contributed by atoms with Crippen molar-refractivity contribution in [1.82, 2.24) is 0 Å². The molecule has 0 aliphatic heterocycles. The highest BCUT2D eigenvalue weighted by atomic mass is 16.6. The second kappa shape index (κ2) is 19.9. The number of aliphatic hydroxyl groups excluding tert-OH is 2. The molecule has 6 atom stereocenters. The lowest BCUT2D eigenvalue weighted by Crippen LogP contribution is -2.60. The Kier molecular flexibility index (Phi) is 16.7. The van der Waals surface area contributed by atoms with Gasteiger partial charge >= 0.3 is 35.8 Å². The topological polar surface area (TPSA) is 217 Å². The Morgan fingerprint density at radius 1 is 0.607 bits per heavy atom. The Balaban J connectivity index is 0.000000290. The monoisotopic (exact) mass is 800 g/mol. The number of methoxy groups -OCH3 is 2. The zero-order chi connectivity index (χ0) is 39.3.